The Labute approximate surface area is 108 Å². The summed E-state index contributed by atoms with van der Waals surface area (Å²) in [5, 5.41) is 0.777. The fourth-order valence-electron chi connectivity index (χ4n) is 1.74. The maximum atomic E-state index is 12.0. The third kappa shape index (κ3) is 3.57. The summed E-state index contributed by atoms with van der Waals surface area (Å²) in [6.07, 6.45) is -3.53. The fraction of sp³-hybridized carbons (Fsp3) is 0.308. The van der Waals surface area contributed by atoms with E-state index in [1.807, 2.05) is 6.07 Å². The van der Waals surface area contributed by atoms with Gasteiger partial charge in [-0.15, -0.1) is 0 Å². The zero-order chi connectivity index (χ0) is 13.9. The highest BCUT2D eigenvalue weighted by molar-refractivity contribution is 5.92. The second-order valence-electron chi connectivity index (χ2n) is 4.13. The van der Waals surface area contributed by atoms with Gasteiger partial charge >= 0.3 is 6.18 Å². The minimum atomic E-state index is -4.19. The zero-order valence-corrected chi connectivity index (χ0v) is 10.1. The molecule has 0 unspecified atom stereocenters. The first-order chi connectivity index (χ1) is 8.97. The summed E-state index contributed by atoms with van der Waals surface area (Å²) < 4.78 is 41.0. The highest BCUT2D eigenvalue weighted by Crippen LogP contribution is 2.24. The van der Waals surface area contributed by atoms with Gasteiger partial charge in [0.2, 0.25) is 0 Å². The molecule has 0 aliphatic rings. The summed E-state index contributed by atoms with van der Waals surface area (Å²) in [5.74, 6) is 0. The number of pyridine rings is 1. The number of hydrogen-bond acceptors (Lipinski definition) is 3. The Morgan fingerprint density at radius 2 is 2.00 bits per heavy atom. The Balaban J connectivity index is 2.07. The smallest absolute Gasteiger partial charge is 0.391 e. The van der Waals surface area contributed by atoms with Crippen molar-refractivity contribution in [1.29, 1.82) is 0 Å². The molecule has 0 radical (unpaired) electrons. The van der Waals surface area contributed by atoms with Gasteiger partial charge in [-0.2, -0.15) is 13.2 Å². The molecule has 1 heterocycles. The molecular weight excluding hydrogens is 257 g/mol. The molecule has 3 nitrogen and oxygen atoms in total. The van der Waals surface area contributed by atoms with Crippen molar-refractivity contribution in [2.75, 3.05) is 12.3 Å². The van der Waals surface area contributed by atoms with E-state index in [9.17, 15) is 13.2 Å². The van der Waals surface area contributed by atoms with E-state index in [-0.39, 0.29) is 13.2 Å². The van der Waals surface area contributed by atoms with Crippen LogP contribution in [0.3, 0.4) is 0 Å². The van der Waals surface area contributed by atoms with Crippen LogP contribution in [-0.4, -0.2) is 17.8 Å². The molecule has 0 spiro atoms. The maximum Gasteiger partial charge on any atom is 0.391 e. The van der Waals surface area contributed by atoms with Gasteiger partial charge in [0.25, 0.3) is 0 Å². The third-order valence-corrected chi connectivity index (χ3v) is 2.67. The molecule has 2 N–H and O–H groups in total. The first-order valence-electron chi connectivity index (χ1n) is 5.74. The topological polar surface area (TPSA) is 48.1 Å². The number of nitrogen functional groups attached to an aromatic ring is 1. The average molecular weight is 270 g/mol. The van der Waals surface area contributed by atoms with Crippen molar-refractivity contribution < 1.29 is 17.9 Å². The molecule has 0 fully saturated rings. The van der Waals surface area contributed by atoms with Crippen LogP contribution in [0, 0.1) is 0 Å². The van der Waals surface area contributed by atoms with Crippen LogP contribution in [0.5, 0.6) is 0 Å². The van der Waals surface area contributed by atoms with Crippen molar-refractivity contribution in [1.82, 2.24) is 4.98 Å². The predicted octanol–water partition coefficient (Wildman–Crippen LogP) is 3.29. The van der Waals surface area contributed by atoms with Crippen LogP contribution in [0.25, 0.3) is 10.9 Å². The Morgan fingerprint density at radius 1 is 1.21 bits per heavy atom. The summed E-state index contributed by atoms with van der Waals surface area (Å²) in [5.41, 5.74) is 7.78. The molecule has 0 bridgehead atoms. The predicted molar refractivity (Wildman–Crippen MR) is 66.5 cm³/mol. The molecule has 0 saturated heterocycles. The zero-order valence-electron chi connectivity index (χ0n) is 10.1. The number of hydrogen-bond donors (Lipinski definition) is 1. The van der Waals surface area contributed by atoms with Gasteiger partial charge in [-0.25, -0.2) is 0 Å². The molecule has 0 aliphatic heterocycles. The van der Waals surface area contributed by atoms with Crippen LogP contribution in [0.4, 0.5) is 18.9 Å². The van der Waals surface area contributed by atoms with E-state index in [1.165, 1.54) is 0 Å². The molecule has 2 rings (SSSR count). The SMILES string of the molecule is Nc1ccc(COCCC(F)(F)F)c2ncccc12. The van der Waals surface area contributed by atoms with Crippen molar-refractivity contribution in [3.8, 4) is 0 Å². The van der Waals surface area contributed by atoms with Gasteiger partial charge in [0.15, 0.2) is 0 Å². The molecule has 0 atom stereocenters. The summed E-state index contributed by atoms with van der Waals surface area (Å²) in [7, 11) is 0. The quantitative estimate of drug-likeness (QED) is 0.685. The Kier molecular flexibility index (Phi) is 3.90. The summed E-state index contributed by atoms with van der Waals surface area (Å²) in [4.78, 5) is 4.19. The number of benzene rings is 1. The number of rotatable bonds is 4. The first-order valence-corrected chi connectivity index (χ1v) is 5.74. The Bertz CT molecular complexity index is 569. The highest BCUT2D eigenvalue weighted by atomic mass is 19.4. The number of anilines is 1. The van der Waals surface area contributed by atoms with Gasteiger partial charge in [0.05, 0.1) is 25.2 Å². The standard InChI is InChI=1S/C13H13F3N2O/c14-13(15,16)5-7-19-8-9-3-4-11(17)10-2-1-6-18-12(9)10/h1-4,6H,5,7-8,17H2. The van der Waals surface area contributed by atoms with E-state index >= 15 is 0 Å². The highest BCUT2D eigenvalue weighted by Gasteiger charge is 2.26. The first kappa shape index (κ1) is 13.6. The minimum Gasteiger partial charge on any atom is -0.398 e. The van der Waals surface area contributed by atoms with Crippen molar-refractivity contribution >= 4 is 16.6 Å². The van der Waals surface area contributed by atoms with Gasteiger partial charge in [0.1, 0.15) is 0 Å². The minimum absolute atomic E-state index is 0.0872. The number of alkyl halides is 3. The van der Waals surface area contributed by atoms with Crippen LogP contribution < -0.4 is 5.73 Å². The molecule has 0 amide bonds. The number of halogens is 3. The molecule has 1 aromatic heterocycles. The molecule has 1 aromatic carbocycles. The molecule has 6 heteroatoms. The Hall–Kier alpha value is -1.82. The number of aromatic nitrogens is 1. The summed E-state index contributed by atoms with van der Waals surface area (Å²) in [6, 6.07) is 6.99. The third-order valence-electron chi connectivity index (χ3n) is 2.67. The van der Waals surface area contributed by atoms with E-state index in [1.54, 1.807) is 24.4 Å². The number of fused-ring (bicyclic) bond motifs is 1. The number of ether oxygens (including phenoxy) is 1. The van der Waals surface area contributed by atoms with Gasteiger partial charge < -0.3 is 10.5 Å². The van der Waals surface area contributed by atoms with Crippen LogP contribution >= 0.6 is 0 Å². The summed E-state index contributed by atoms with van der Waals surface area (Å²) in [6.45, 7) is -0.272. The van der Waals surface area contributed by atoms with Crippen LogP contribution in [0.2, 0.25) is 0 Å². The molecule has 102 valence electrons. The van der Waals surface area contributed by atoms with Gasteiger partial charge in [0, 0.05) is 22.8 Å². The normalized spacial score (nSPS) is 11.9. The molecule has 19 heavy (non-hydrogen) atoms. The average Bonchev–Trinajstić information content (AvgIpc) is 2.36. The van der Waals surface area contributed by atoms with E-state index in [0.29, 0.717) is 11.2 Å². The monoisotopic (exact) mass is 270 g/mol. The van der Waals surface area contributed by atoms with Crippen molar-refractivity contribution in [2.24, 2.45) is 0 Å². The van der Waals surface area contributed by atoms with Crippen LogP contribution in [-0.2, 0) is 11.3 Å². The lowest BCUT2D eigenvalue weighted by molar-refractivity contribution is -0.146. The maximum absolute atomic E-state index is 12.0. The number of nitrogens with zero attached hydrogens (tertiary/aromatic N) is 1. The molecular formula is C13H13F3N2O. The number of nitrogens with two attached hydrogens (primary N) is 1. The second kappa shape index (κ2) is 5.44. The van der Waals surface area contributed by atoms with Crippen molar-refractivity contribution in [3.05, 3.63) is 36.0 Å². The van der Waals surface area contributed by atoms with Crippen LogP contribution in [0.1, 0.15) is 12.0 Å². The van der Waals surface area contributed by atoms with Crippen molar-refractivity contribution in [3.63, 3.8) is 0 Å². The lowest BCUT2D eigenvalue weighted by Gasteiger charge is -2.10. The molecule has 0 saturated carbocycles. The Morgan fingerprint density at radius 3 is 2.74 bits per heavy atom. The van der Waals surface area contributed by atoms with E-state index in [4.69, 9.17) is 10.5 Å². The van der Waals surface area contributed by atoms with Gasteiger partial charge in [-0.05, 0) is 18.2 Å². The fourth-order valence-corrected chi connectivity index (χ4v) is 1.74. The van der Waals surface area contributed by atoms with E-state index in [2.05, 4.69) is 4.98 Å². The second-order valence-corrected chi connectivity index (χ2v) is 4.13. The lowest BCUT2D eigenvalue weighted by Crippen LogP contribution is -2.11. The van der Waals surface area contributed by atoms with E-state index in [0.717, 1.165) is 10.9 Å². The van der Waals surface area contributed by atoms with Gasteiger partial charge in [-0.1, -0.05) is 6.07 Å². The van der Waals surface area contributed by atoms with Crippen molar-refractivity contribution in [2.45, 2.75) is 19.2 Å². The summed E-state index contributed by atoms with van der Waals surface area (Å²) >= 11 is 0. The van der Waals surface area contributed by atoms with Gasteiger partial charge in [-0.3, -0.25) is 4.98 Å². The molecule has 2 aromatic rings. The van der Waals surface area contributed by atoms with Crippen LogP contribution in [0.15, 0.2) is 30.5 Å². The lowest BCUT2D eigenvalue weighted by atomic mass is 10.1. The largest absolute Gasteiger partial charge is 0.398 e. The molecule has 0 aliphatic carbocycles. The van der Waals surface area contributed by atoms with E-state index < -0.39 is 12.6 Å².